The van der Waals surface area contributed by atoms with Crippen molar-refractivity contribution >= 4 is 51.9 Å². The van der Waals surface area contributed by atoms with Gasteiger partial charge in [0.05, 0.1) is 35.0 Å². The molecule has 0 fully saturated rings. The average Bonchev–Trinajstić information content (AvgIpc) is 2.95. The third-order valence-electron chi connectivity index (χ3n) is 2.61. The smallest absolute Gasteiger partial charge is 0.311 e. The van der Waals surface area contributed by atoms with E-state index in [1.54, 1.807) is 18.4 Å². The second-order valence-corrected chi connectivity index (χ2v) is 5.90. The molecule has 2 aromatic rings. The van der Waals surface area contributed by atoms with Gasteiger partial charge in [-0.25, -0.2) is 9.37 Å². The quantitative estimate of drug-likeness (QED) is 0.356. The van der Waals surface area contributed by atoms with Crippen molar-refractivity contribution in [2.24, 2.45) is 5.10 Å². The van der Waals surface area contributed by atoms with Crippen LogP contribution in [0.1, 0.15) is 18.2 Å². The van der Waals surface area contributed by atoms with E-state index in [1.807, 2.05) is 0 Å². The van der Waals surface area contributed by atoms with Crippen LogP contribution in [0.25, 0.3) is 0 Å². The Hall–Kier alpha value is -1.70. The number of carbonyl (C=O) groups excluding carboxylic acids is 1. The molecule has 0 bridgehead atoms. The Morgan fingerprint density at radius 2 is 2.30 bits per heavy atom. The molecule has 23 heavy (non-hydrogen) atoms. The Morgan fingerprint density at radius 1 is 1.52 bits per heavy atom. The van der Waals surface area contributed by atoms with Gasteiger partial charge >= 0.3 is 5.97 Å². The van der Waals surface area contributed by atoms with E-state index < -0.39 is 5.82 Å². The van der Waals surface area contributed by atoms with E-state index >= 15 is 0 Å². The predicted octanol–water partition coefficient (Wildman–Crippen LogP) is 4.14. The van der Waals surface area contributed by atoms with Crippen LogP contribution in [0.4, 0.5) is 9.52 Å². The number of nitrogens with one attached hydrogen (secondary N) is 1. The molecule has 1 heterocycles. The molecule has 9 heteroatoms. The number of thiazole rings is 1. The fourth-order valence-corrected chi connectivity index (χ4v) is 2.68. The summed E-state index contributed by atoms with van der Waals surface area (Å²) in [4.78, 5) is 15.5. The van der Waals surface area contributed by atoms with Crippen molar-refractivity contribution in [1.82, 2.24) is 4.98 Å². The molecule has 2 rings (SSSR count). The number of nitrogens with zero attached hydrogens (tertiary/aromatic N) is 2. The summed E-state index contributed by atoms with van der Waals surface area (Å²) in [7, 11) is 0. The van der Waals surface area contributed by atoms with Crippen LogP contribution in [0.2, 0.25) is 10.0 Å². The van der Waals surface area contributed by atoms with Crippen molar-refractivity contribution in [2.75, 3.05) is 12.0 Å². The number of hydrogen-bond acceptors (Lipinski definition) is 6. The molecule has 0 aliphatic heterocycles. The van der Waals surface area contributed by atoms with Gasteiger partial charge in [-0.3, -0.25) is 10.2 Å². The van der Waals surface area contributed by atoms with E-state index in [9.17, 15) is 9.18 Å². The molecule has 5 nitrogen and oxygen atoms in total. The highest BCUT2D eigenvalue weighted by Crippen LogP contribution is 2.25. The Bertz CT molecular complexity index is 737. The maximum atomic E-state index is 13.5. The molecule has 0 saturated carbocycles. The molecule has 0 saturated heterocycles. The summed E-state index contributed by atoms with van der Waals surface area (Å²) in [5.74, 6) is -1.03. The summed E-state index contributed by atoms with van der Waals surface area (Å²) in [5, 5.41) is 5.99. The van der Waals surface area contributed by atoms with E-state index in [2.05, 4.69) is 15.5 Å². The number of rotatable bonds is 6. The first kappa shape index (κ1) is 17.7. The van der Waals surface area contributed by atoms with Crippen LogP contribution < -0.4 is 5.43 Å². The zero-order valence-corrected chi connectivity index (χ0v) is 14.3. The molecule has 0 amide bonds. The van der Waals surface area contributed by atoms with Crippen molar-refractivity contribution in [3.8, 4) is 0 Å². The molecule has 0 atom stereocenters. The van der Waals surface area contributed by atoms with E-state index in [1.165, 1.54) is 23.6 Å². The standard InChI is InChI=1S/C14H12Cl2FN3O2S/c1-2-22-11(21)5-9-7-23-14(19-9)20-18-6-8-3-4-10(15)13(17)12(8)16/h3-4,6-7H,2,5H2,1H3,(H,19,20). The summed E-state index contributed by atoms with van der Waals surface area (Å²) in [6.07, 6.45) is 1.46. The van der Waals surface area contributed by atoms with Crippen LogP contribution in [0.3, 0.4) is 0 Å². The fourth-order valence-electron chi connectivity index (χ4n) is 1.60. The molecule has 1 aromatic heterocycles. The van der Waals surface area contributed by atoms with Crippen molar-refractivity contribution in [3.05, 3.63) is 44.6 Å². The zero-order valence-electron chi connectivity index (χ0n) is 12.0. The first-order valence-electron chi connectivity index (χ1n) is 6.53. The number of hydrazone groups is 1. The van der Waals surface area contributed by atoms with Gasteiger partial charge in [0.25, 0.3) is 0 Å². The van der Waals surface area contributed by atoms with Gasteiger partial charge in [-0.05, 0) is 13.0 Å². The van der Waals surface area contributed by atoms with Crippen molar-refractivity contribution in [3.63, 3.8) is 0 Å². The number of ether oxygens (including phenoxy) is 1. The first-order chi connectivity index (χ1) is 11.0. The summed E-state index contributed by atoms with van der Waals surface area (Å²) < 4.78 is 18.4. The van der Waals surface area contributed by atoms with Gasteiger partial charge in [0.2, 0.25) is 5.13 Å². The maximum absolute atomic E-state index is 13.5. The van der Waals surface area contributed by atoms with Crippen LogP contribution in [-0.2, 0) is 16.0 Å². The van der Waals surface area contributed by atoms with Crippen molar-refractivity contribution in [1.29, 1.82) is 0 Å². The van der Waals surface area contributed by atoms with Crippen LogP contribution in [-0.4, -0.2) is 23.8 Å². The minimum Gasteiger partial charge on any atom is -0.466 e. The monoisotopic (exact) mass is 375 g/mol. The predicted molar refractivity (Wildman–Crippen MR) is 90.1 cm³/mol. The molecule has 1 N–H and O–H groups in total. The SMILES string of the molecule is CCOC(=O)Cc1csc(NN=Cc2ccc(Cl)c(F)c2Cl)n1. The lowest BCUT2D eigenvalue weighted by molar-refractivity contribution is -0.142. The average molecular weight is 376 g/mol. The molecule has 0 radical (unpaired) electrons. The number of anilines is 1. The van der Waals surface area contributed by atoms with E-state index in [4.69, 9.17) is 27.9 Å². The fraction of sp³-hybridized carbons (Fsp3) is 0.214. The van der Waals surface area contributed by atoms with Crippen LogP contribution in [0, 0.1) is 5.82 Å². The largest absolute Gasteiger partial charge is 0.466 e. The summed E-state index contributed by atoms with van der Waals surface area (Å²) >= 11 is 12.7. The molecule has 0 unspecified atom stereocenters. The maximum Gasteiger partial charge on any atom is 0.311 e. The molecule has 0 aliphatic rings. The molecule has 122 valence electrons. The lowest BCUT2D eigenvalue weighted by atomic mass is 10.2. The lowest BCUT2D eigenvalue weighted by Gasteiger charge is -2.01. The summed E-state index contributed by atoms with van der Waals surface area (Å²) in [6, 6.07) is 2.94. The van der Waals surface area contributed by atoms with Gasteiger partial charge in [-0.1, -0.05) is 29.3 Å². The van der Waals surface area contributed by atoms with Crippen LogP contribution in [0.5, 0.6) is 0 Å². The Balaban J connectivity index is 1.97. The topological polar surface area (TPSA) is 63.6 Å². The van der Waals surface area contributed by atoms with Gasteiger partial charge < -0.3 is 4.74 Å². The second kappa shape index (κ2) is 8.24. The number of hydrogen-bond donors (Lipinski definition) is 1. The molecular weight excluding hydrogens is 364 g/mol. The number of esters is 1. The Morgan fingerprint density at radius 3 is 3.04 bits per heavy atom. The zero-order chi connectivity index (χ0) is 16.8. The number of carbonyl (C=O) groups is 1. The molecule has 0 aliphatic carbocycles. The highest BCUT2D eigenvalue weighted by atomic mass is 35.5. The van der Waals surface area contributed by atoms with Gasteiger partial charge in [-0.15, -0.1) is 11.3 Å². The normalized spacial score (nSPS) is 11.0. The highest BCUT2D eigenvalue weighted by molar-refractivity contribution is 7.13. The second-order valence-electron chi connectivity index (χ2n) is 4.26. The third-order valence-corrected chi connectivity index (χ3v) is 4.08. The van der Waals surface area contributed by atoms with Crippen molar-refractivity contribution in [2.45, 2.75) is 13.3 Å². The minimum absolute atomic E-state index is 0.0522. The van der Waals surface area contributed by atoms with Gasteiger partial charge in [0.15, 0.2) is 5.82 Å². The summed E-state index contributed by atoms with van der Waals surface area (Å²) in [6.45, 7) is 2.07. The summed E-state index contributed by atoms with van der Waals surface area (Å²) in [5.41, 5.74) is 3.65. The molecular formula is C14H12Cl2FN3O2S. The number of aromatic nitrogens is 1. The lowest BCUT2D eigenvalue weighted by Crippen LogP contribution is -2.07. The molecule has 0 spiro atoms. The van der Waals surface area contributed by atoms with E-state index in [-0.39, 0.29) is 22.4 Å². The van der Waals surface area contributed by atoms with Gasteiger partial charge in [-0.2, -0.15) is 5.10 Å². The van der Waals surface area contributed by atoms with E-state index in [0.29, 0.717) is 23.0 Å². The van der Waals surface area contributed by atoms with Crippen LogP contribution >= 0.6 is 34.5 Å². The Labute approximate surface area is 146 Å². The highest BCUT2D eigenvalue weighted by Gasteiger charge is 2.09. The van der Waals surface area contributed by atoms with Crippen LogP contribution in [0.15, 0.2) is 22.6 Å². The van der Waals surface area contributed by atoms with Crippen molar-refractivity contribution < 1.29 is 13.9 Å². The number of halogens is 3. The van der Waals surface area contributed by atoms with Gasteiger partial charge in [0, 0.05) is 10.9 Å². The molecule has 1 aromatic carbocycles. The third kappa shape index (κ3) is 4.89. The minimum atomic E-state index is -0.691. The Kier molecular flexibility index (Phi) is 6.32. The van der Waals surface area contributed by atoms with E-state index in [0.717, 1.165) is 0 Å². The van der Waals surface area contributed by atoms with Gasteiger partial charge in [0.1, 0.15) is 0 Å². The first-order valence-corrected chi connectivity index (χ1v) is 8.17. The number of benzene rings is 1.